The largest absolute Gasteiger partial charge is 0.372 e. The first-order chi connectivity index (χ1) is 12.8. The maximum atomic E-state index is 13.4. The Morgan fingerprint density at radius 2 is 2.07 bits per heavy atom. The molecule has 0 unspecified atom stereocenters. The summed E-state index contributed by atoms with van der Waals surface area (Å²) in [6, 6.07) is 6.98. The van der Waals surface area contributed by atoms with Crippen LogP contribution in [0.3, 0.4) is 0 Å². The molecule has 1 fully saturated rings. The van der Waals surface area contributed by atoms with Crippen LogP contribution in [-0.2, 0) is 0 Å². The summed E-state index contributed by atoms with van der Waals surface area (Å²) in [5, 5.41) is 9.67. The summed E-state index contributed by atoms with van der Waals surface area (Å²) < 4.78 is 13.4. The highest BCUT2D eigenvalue weighted by Gasteiger charge is 2.19. The lowest BCUT2D eigenvalue weighted by Gasteiger charge is -2.26. The molecule has 0 spiro atoms. The van der Waals surface area contributed by atoms with Gasteiger partial charge in [-0.25, -0.2) is 9.38 Å². The first-order valence-corrected chi connectivity index (χ1v) is 9.43. The van der Waals surface area contributed by atoms with Crippen molar-refractivity contribution in [1.29, 1.82) is 5.26 Å². The molecule has 27 heavy (non-hydrogen) atoms. The lowest BCUT2D eigenvalue weighted by atomic mass is 10.2. The van der Waals surface area contributed by atoms with Crippen LogP contribution in [0.15, 0.2) is 34.5 Å². The Labute approximate surface area is 170 Å². The maximum Gasteiger partial charge on any atom is 0.147 e. The molecular formula is C19H23ClFN5S. The fraction of sp³-hybridized carbons (Fsp3) is 0.421. The third-order valence-electron chi connectivity index (χ3n) is 4.33. The number of hydrogen-bond acceptors (Lipinski definition) is 4. The molecule has 0 atom stereocenters. The van der Waals surface area contributed by atoms with Crippen LogP contribution in [0.2, 0.25) is 5.02 Å². The van der Waals surface area contributed by atoms with Gasteiger partial charge >= 0.3 is 0 Å². The van der Waals surface area contributed by atoms with Crippen LogP contribution >= 0.6 is 23.8 Å². The van der Waals surface area contributed by atoms with Gasteiger partial charge in [0.25, 0.3) is 0 Å². The molecule has 0 aliphatic carbocycles. The zero-order valence-electron chi connectivity index (χ0n) is 15.7. The third-order valence-corrected chi connectivity index (χ3v) is 4.93. The maximum absolute atomic E-state index is 13.4. The first kappa shape index (κ1) is 21.1. The SMILES string of the molecule is CC(=C(C#N)C(=S)N=CN(C)C)N1CCCN(c2ccc(F)c(Cl)c2)CC1. The summed E-state index contributed by atoms with van der Waals surface area (Å²) in [6.07, 6.45) is 2.49. The van der Waals surface area contributed by atoms with Crippen molar-refractivity contribution in [2.45, 2.75) is 13.3 Å². The van der Waals surface area contributed by atoms with Gasteiger partial charge in [-0.05, 0) is 31.5 Å². The molecule has 0 radical (unpaired) electrons. The van der Waals surface area contributed by atoms with Crippen molar-refractivity contribution in [3.8, 4) is 6.07 Å². The van der Waals surface area contributed by atoms with Crippen molar-refractivity contribution in [2.75, 3.05) is 45.2 Å². The van der Waals surface area contributed by atoms with Crippen molar-refractivity contribution >= 4 is 40.8 Å². The molecule has 144 valence electrons. The quantitative estimate of drug-likeness (QED) is 0.250. The molecule has 1 saturated heterocycles. The van der Waals surface area contributed by atoms with Gasteiger partial charge in [-0.2, -0.15) is 5.26 Å². The molecule has 0 saturated carbocycles. The van der Waals surface area contributed by atoms with Gasteiger partial charge in [0.1, 0.15) is 22.4 Å². The van der Waals surface area contributed by atoms with Crippen LogP contribution in [0.5, 0.6) is 0 Å². The molecule has 2 rings (SSSR count). The van der Waals surface area contributed by atoms with E-state index in [1.54, 1.807) is 23.4 Å². The molecule has 0 aromatic heterocycles. The molecule has 5 nitrogen and oxygen atoms in total. The summed E-state index contributed by atoms with van der Waals surface area (Å²) in [7, 11) is 3.69. The molecule has 1 aliphatic rings. The number of benzene rings is 1. The average Bonchev–Trinajstić information content (AvgIpc) is 2.89. The second-order valence-corrected chi connectivity index (χ2v) is 7.31. The number of nitriles is 1. The van der Waals surface area contributed by atoms with Crippen LogP contribution in [0.25, 0.3) is 0 Å². The van der Waals surface area contributed by atoms with Crippen LogP contribution in [-0.4, -0.2) is 61.4 Å². The van der Waals surface area contributed by atoms with E-state index < -0.39 is 5.82 Å². The lowest BCUT2D eigenvalue weighted by Crippen LogP contribution is -2.30. The van der Waals surface area contributed by atoms with Crippen molar-refractivity contribution < 1.29 is 4.39 Å². The lowest BCUT2D eigenvalue weighted by molar-refractivity contribution is 0.369. The van der Waals surface area contributed by atoms with Gasteiger partial charge < -0.3 is 14.7 Å². The molecule has 8 heteroatoms. The second kappa shape index (κ2) is 9.67. The summed E-state index contributed by atoms with van der Waals surface area (Å²) in [6.45, 7) is 5.01. The summed E-state index contributed by atoms with van der Waals surface area (Å²) in [4.78, 5) is 10.6. The van der Waals surface area contributed by atoms with Crippen molar-refractivity contribution in [2.24, 2.45) is 4.99 Å². The number of anilines is 1. The Kier molecular flexibility index (Phi) is 7.57. The summed E-state index contributed by atoms with van der Waals surface area (Å²) >= 11 is 11.2. The van der Waals surface area contributed by atoms with Gasteiger partial charge in [-0.15, -0.1) is 0 Å². The zero-order chi connectivity index (χ0) is 20.0. The minimum atomic E-state index is -0.416. The average molecular weight is 408 g/mol. The topological polar surface area (TPSA) is 45.9 Å². The fourth-order valence-electron chi connectivity index (χ4n) is 2.87. The van der Waals surface area contributed by atoms with Gasteiger partial charge in [-0.1, -0.05) is 23.8 Å². The van der Waals surface area contributed by atoms with E-state index in [0.717, 1.165) is 44.0 Å². The predicted octanol–water partition coefficient (Wildman–Crippen LogP) is 3.71. The van der Waals surface area contributed by atoms with Crippen molar-refractivity contribution in [1.82, 2.24) is 9.80 Å². The number of nitrogens with zero attached hydrogens (tertiary/aromatic N) is 5. The number of hydrogen-bond donors (Lipinski definition) is 0. The number of aliphatic imine (C=N–C) groups is 1. The minimum absolute atomic E-state index is 0.126. The standard InChI is InChI=1S/C19H23ClFN5S/c1-14(16(12-22)19(27)23-13-24(2)3)25-7-4-8-26(10-9-25)15-5-6-18(21)17(20)11-15/h5-6,11,13H,4,7-10H2,1-3H3. The number of thiocarbonyl (C=S) groups is 1. The van der Waals surface area contributed by atoms with Gasteiger partial charge in [0, 0.05) is 51.7 Å². The molecule has 0 bridgehead atoms. The van der Waals surface area contributed by atoms with Crippen LogP contribution < -0.4 is 4.90 Å². The van der Waals surface area contributed by atoms with Crippen molar-refractivity contribution in [3.63, 3.8) is 0 Å². The minimum Gasteiger partial charge on any atom is -0.372 e. The second-order valence-electron chi connectivity index (χ2n) is 6.51. The Morgan fingerprint density at radius 1 is 1.33 bits per heavy atom. The molecule has 1 heterocycles. The van der Waals surface area contributed by atoms with E-state index in [0.29, 0.717) is 5.57 Å². The third kappa shape index (κ3) is 5.65. The predicted molar refractivity (Wildman–Crippen MR) is 113 cm³/mol. The van der Waals surface area contributed by atoms with Gasteiger partial charge in [0.2, 0.25) is 0 Å². The molecule has 1 aromatic carbocycles. The van der Waals surface area contributed by atoms with Gasteiger partial charge in [0.15, 0.2) is 0 Å². The molecular weight excluding hydrogens is 385 g/mol. The summed E-state index contributed by atoms with van der Waals surface area (Å²) in [5.74, 6) is -0.416. The van der Waals surface area contributed by atoms with Crippen molar-refractivity contribution in [3.05, 3.63) is 40.3 Å². The Bertz CT molecular complexity index is 800. The normalized spacial score (nSPS) is 16.0. The molecule has 0 N–H and O–H groups in total. The van der Waals surface area contributed by atoms with Crippen LogP contribution in [0.4, 0.5) is 10.1 Å². The van der Waals surface area contributed by atoms with E-state index in [9.17, 15) is 9.65 Å². The monoisotopic (exact) mass is 407 g/mol. The van der Waals surface area contributed by atoms with Gasteiger partial charge in [0.05, 0.1) is 11.4 Å². The van der Waals surface area contributed by atoms with Crippen LogP contribution in [0.1, 0.15) is 13.3 Å². The molecule has 0 amide bonds. The Hall–Kier alpha value is -2.17. The van der Waals surface area contributed by atoms with E-state index in [2.05, 4.69) is 20.9 Å². The highest BCUT2D eigenvalue weighted by Crippen LogP contribution is 2.24. The fourth-order valence-corrected chi connectivity index (χ4v) is 3.28. The number of halogens is 2. The van der Waals surface area contributed by atoms with E-state index in [1.807, 2.05) is 21.0 Å². The Morgan fingerprint density at radius 3 is 2.70 bits per heavy atom. The van der Waals surface area contributed by atoms with E-state index in [1.165, 1.54) is 6.07 Å². The molecule has 1 aliphatic heterocycles. The first-order valence-electron chi connectivity index (χ1n) is 8.64. The highest BCUT2D eigenvalue weighted by molar-refractivity contribution is 7.80. The zero-order valence-corrected chi connectivity index (χ0v) is 17.3. The smallest absolute Gasteiger partial charge is 0.147 e. The summed E-state index contributed by atoms with van der Waals surface area (Å²) in [5.41, 5.74) is 2.15. The van der Waals surface area contributed by atoms with Gasteiger partial charge in [-0.3, -0.25) is 0 Å². The van der Waals surface area contributed by atoms with E-state index in [-0.39, 0.29) is 10.0 Å². The number of rotatable bonds is 4. The Balaban J connectivity index is 2.14. The van der Waals surface area contributed by atoms with E-state index in [4.69, 9.17) is 23.8 Å². The van der Waals surface area contributed by atoms with Crippen LogP contribution in [0, 0.1) is 17.1 Å². The number of allylic oxidation sites excluding steroid dienone is 1. The highest BCUT2D eigenvalue weighted by atomic mass is 35.5. The van der Waals surface area contributed by atoms with E-state index >= 15 is 0 Å². The molecule has 1 aromatic rings.